The normalized spacial score (nSPS) is 11.0. The third-order valence-electron chi connectivity index (χ3n) is 3.07. The standard InChI is InChI=1S/C14H9BrN2O4S/c15-13-9-6-3-1-2-4-7(6)22-12(9)11(20)10(17-13)14(21)16-5-8(18)19/h1-4,20H,5H2,(H,16,21)(H,18,19). The predicted molar refractivity (Wildman–Crippen MR) is 86.5 cm³/mol. The van der Waals surface area contributed by atoms with Crippen LogP contribution in [0.4, 0.5) is 0 Å². The summed E-state index contributed by atoms with van der Waals surface area (Å²) in [5.41, 5.74) is -0.202. The number of carboxylic acid groups (broad SMARTS) is 1. The van der Waals surface area contributed by atoms with Crippen LogP contribution in [0.3, 0.4) is 0 Å². The summed E-state index contributed by atoms with van der Waals surface area (Å²) < 4.78 is 1.92. The van der Waals surface area contributed by atoms with Crippen molar-refractivity contribution in [2.24, 2.45) is 0 Å². The second-order valence-corrected chi connectivity index (χ2v) is 6.28. The van der Waals surface area contributed by atoms with E-state index in [1.165, 1.54) is 11.3 Å². The molecule has 22 heavy (non-hydrogen) atoms. The zero-order chi connectivity index (χ0) is 15.9. The molecule has 0 saturated heterocycles. The minimum atomic E-state index is -1.17. The Balaban J connectivity index is 2.18. The number of benzene rings is 1. The first-order chi connectivity index (χ1) is 10.5. The number of carbonyl (C=O) groups excluding carboxylic acids is 1. The average Bonchev–Trinajstić information content (AvgIpc) is 2.88. The number of halogens is 1. The first-order valence-corrected chi connectivity index (χ1v) is 7.79. The van der Waals surface area contributed by atoms with Crippen molar-refractivity contribution in [3.8, 4) is 5.75 Å². The van der Waals surface area contributed by atoms with Gasteiger partial charge in [0.15, 0.2) is 11.4 Å². The number of aliphatic carboxylic acids is 1. The molecule has 0 aliphatic carbocycles. The van der Waals surface area contributed by atoms with Crippen molar-refractivity contribution in [2.75, 3.05) is 6.54 Å². The van der Waals surface area contributed by atoms with E-state index in [0.717, 1.165) is 15.5 Å². The minimum absolute atomic E-state index is 0.202. The lowest BCUT2D eigenvalue weighted by Crippen LogP contribution is -2.30. The Labute approximate surface area is 136 Å². The van der Waals surface area contributed by atoms with Crippen LogP contribution in [0.15, 0.2) is 28.9 Å². The van der Waals surface area contributed by atoms with Crippen molar-refractivity contribution < 1.29 is 19.8 Å². The van der Waals surface area contributed by atoms with Crippen LogP contribution >= 0.6 is 27.3 Å². The van der Waals surface area contributed by atoms with E-state index in [2.05, 4.69) is 26.2 Å². The molecular weight excluding hydrogens is 372 g/mol. The smallest absolute Gasteiger partial charge is 0.322 e. The molecule has 1 amide bonds. The van der Waals surface area contributed by atoms with Gasteiger partial charge in [-0.2, -0.15) is 0 Å². The van der Waals surface area contributed by atoms with Crippen molar-refractivity contribution in [1.29, 1.82) is 0 Å². The molecule has 6 nitrogen and oxygen atoms in total. The summed E-state index contributed by atoms with van der Waals surface area (Å²) >= 11 is 4.66. The number of fused-ring (bicyclic) bond motifs is 3. The van der Waals surface area contributed by atoms with Crippen LogP contribution in [-0.4, -0.2) is 33.6 Å². The Morgan fingerprint density at radius 1 is 1.32 bits per heavy atom. The quantitative estimate of drug-likeness (QED) is 0.606. The fraction of sp³-hybridized carbons (Fsp3) is 0.0714. The Morgan fingerprint density at radius 3 is 2.77 bits per heavy atom. The first kappa shape index (κ1) is 14.7. The Hall–Kier alpha value is -2.19. The van der Waals surface area contributed by atoms with Crippen molar-refractivity contribution in [3.05, 3.63) is 34.6 Å². The number of pyridine rings is 1. The van der Waals surface area contributed by atoms with E-state index in [1.807, 2.05) is 24.3 Å². The van der Waals surface area contributed by atoms with E-state index in [4.69, 9.17) is 5.11 Å². The van der Waals surface area contributed by atoms with Crippen LogP contribution < -0.4 is 5.32 Å². The van der Waals surface area contributed by atoms with Gasteiger partial charge >= 0.3 is 5.97 Å². The van der Waals surface area contributed by atoms with Gasteiger partial charge in [-0.15, -0.1) is 11.3 Å². The third kappa shape index (κ3) is 2.40. The van der Waals surface area contributed by atoms with E-state index in [1.54, 1.807) is 0 Å². The average molecular weight is 381 g/mol. The summed E-state index contributed by atoms with van der Waals surface area (Å²) in [6.07, 6.45) is 0. The number of aromatic hydroxyl groups is 1. The Kier molecular flexibility index (Phi) is 3.71. The van der Waals surface area contributed by atoms with Crippen molar-refractivity contribution in [2.45, 2.75) is 0 Å². The SMILES string of the molecule is O=C(O)CNC(=O)c1nc(Br)c2c(sc3ccccc32)c1O. The molecule has 0 radical (unpaired) electrons. The fourth-order valence-corrected chi connectivity index (χ4v) is 4.00. The van der Waals surface area contributed by atoms with Crippen molar-refractivity contribution in [1.82, 2.24) is 10.3 Å². The number of rotatable bonds is 3. The Morgan fingerprint density at radius 2 is 2.05 bits per heavy atom. The highest BCUT2D eigenvalue weighted by molar-refractivity contribution is 9.10. The molecule has 8 heteroatoms. The fourth-order valence-electron chi connectivity index (χ4n) is 2.13. The number of carbonyl (C=O) groups is 2. The Bertz CT molecular complexity index is 922. The van der Waals surface area contributed by atoms with Gasteiger partial charge in [-0.25, -0.2) is 4.98 Å². The van der Waals surface area contributed by atoms with Gasteiger partial charge in [0.05, 0.1) is 4.70 Å². The summed E-state index contributed by atoms with van der Waals surface area (Å²) in [7, 11) is 0. The molecule has 112 valence electrons. The first-order valence-electron chi connectivity index (χ1n) is 6.18. The maximum absolute atomic E-state index is 12.0. The highest BCUT2D eigenvalue weighted by Gasteiger charge is 2.21. The lowest BCUT2D eigenvalue weighted by Gasteiger charge is -2.06. The van der Waals surface area contributed by atoms with Crippen molar-refractivity contribution >= 4 is 59.3 Å². The summed E-state index contributed by atoms with van der Waals surface area (Å²) in [5, 5.41) is 22.8. The number of hydrogen-bond acceptors (Lipinski definition) is 5. The topological polar surface area (TPSA) is 99.5 Å². The largest absolute Gasteiger partial charge is 0.504 e. The predicted octanol–water partition coefficient (Wildman–Crippen LogP) is 2.73. The number of amides is 1. The molecule has 2 aromatic heterocycles. The molecule has 3 N–H and O–H groups in total. The maximum Gasteiger partial charge on any atom is 0.322 e. The highest BCUT2D eigenvalue weighted by Crippen LogP contribution is 2.42. The van der Waals surface area contributed by atoms with Gasteiger partial charge in [-0.05, 0) is 22.0 Å². The molecule has 0 fully saturated rings. The second kappa shape index (κ2) is 5.54. The third-order valence-corrected chi connectivity index (χ3v) is 4.82. The number of hydrogen-bond donors (Lipinski definition) is 3. The summed E-state index contributed by atoms with van der Waals surface area (Å²) in [5.74, 6) is -2.16. The zero-order valence-electron chi connectivity index (χ0n) is 11.0. The number of nitrogens with zero attached hydrogens (tertiary/aromatic N) is 1. The van der Waals surface area contributed by atoms with E-state index in [-0.39, 0.29) is 11.4 Å². The number of thiophene rings is 1. The molecule has 0 saturated carbocycles. The van der Waals surface area contributed by atoms with Gasteiger partial charge < -0.3 is 15.5 Å². The molecule has 0 aliphatic rings. The van der Waals surface area contributed by atoms with Crippen LogP contribution in [0.1, 0.15) is 10.5 Å². The molecule has 0 bridgehead atoms. The van der Waals surface area contributed by atoms with Crippen LogP contribution in [0.25, 0.3) is 20.2 Å². The molecule has 3 rings (SSSR count). The van der Waals surface area contributed by atoms with Gasteiger partial charge in [-0.3, -0.25) is 9.59 Å². The molecule has 0 aliphatic heterocycles. The molecule has 2 heterocycles. The second-order valence-electron chi connectivity index (χ2n) is 4.48. The van der Waals surface area contributed by atoms with Gasteiger partial charge in [0.2, 0.25) is 0 Å². The molecule has 0 unspecified atom stereocenters. The molecule has 0 atom stereocenters. The molecule has 0 spiro atoms. The zero-order valence-corrected chi connectivity index (χ0v) is 13.4. The molecular formula is C14H9BrN2O4S. The maximum atomic E-state index is 12.0. The van der Waals surface area contributed by atoms with Gasteiger partial charge in [0, 0.05) is 15.5 Å². The number of aromatic nitrogens is 1. The summed E-state index contributed by atoms with van der Waals surface area (Å²) in [6.45, 7) is -0.540. The van der Waals surface area contributed by atoms with Crippen LogP contribution in [0.2, 0.25) is 0 Å². The molecule has 3 aromatic rings. The van der Waals surface area contributed by atoms with E-state index < -0.39 is 18.4 Å². The van der Waals surface area contributed by atoms with Crippen LogP contribution in [0.5, 0.6) is 5.75 Å². The number of carboxylic acids is 1. The van der Waals surface area contributed by atoms with E-state index >= 15 is 0 Å². The summed E-state index contributed by atoms with van der Waals surface area (Å²) in [6, 6.07) is 7.59. The van der Waals surface area contributed by atoms with Gasteiger partial charge in [0.1, 0.15) is 11.1 Å². The summed E-state index contributed by atoms with van der Waals surface area (Å²) in [4.78, 5) is 26.5. The van der Waals surface area contributed by atoms with Crippen LogP contribution in [0, 0.1) is 0 Å². The van der Waals surface area contributed by atoms with Gasteiger partial charge in [-0.1, -0.05) is 18.2 Å². The van der Waals surface area contributed by atoms with E-state index in [0.29, 0.717) is 9.30 Å². The van der Waals surface area contributed by atoms with Gasteiger partial charge in [0.25, 0.3) is 5.91 Å². The van der Waals surface area contributed by atoms with Crippen molar-refractivity contribution in [3.63, 3.8) is 0 Å². The lowest BCUT2D eigenvalue weighted by molar-refractivity contribution is -0.135. The highest BCUT2D eigenvalue weighted by atomic mass is 79.9. The molecule has 1 aromatic carbocycles. The van der Waals surface area contributed by atoms with Crippen LogP contribution in [-0.2, 0) is 4.79 Å². The monoisotopic (exact) mass is 380 g/mol. The minimum Gasteiger partial charge on any atom is -0.504 e. The van der Waals surface area contributed by atoms with E-state index in [9.17, 15) is 14.7 Å². The lowest BCUT2D eigenvalue weighted by atomic mass is 10.2. The number of nitrogens with one attached hydrogen (secondary N) is 1.